The molecular formula is C14H17NOS. The molecule has 0 aliphatic heterocycles. The van der Waals surface area contributed by atoms with Gasteiger partial charge < -0.3 is 10.5 Å². The number of methoxy groups -OCH3 is 1. The molecule has 90 valence electrons. The molecule has 0 amide bonds. The van der Waals surface area contributed by atoms with Crippen molar-refractivity contribution in [1.29, 1.82) is 0 Å². The minimum atomic E-state index is 0.845. The molecule has 1 heterocycles. The monoisotopic (exact) mass is 247 g/mol. The summed E-state index contributed by atoms with van der Waals surface area (Å²) in [7, 11) is 1.71. The third-order valence-electron chi connectivity index (χ3n) is 3.04. The molecule has 0 bridgehead atoms. The van der Waals surface area contributed by atoms with Crippen LogP contribution in [0.25, 0.3) is 11.1 Å². The molecule has 2 rings (SSSR count). The molecule has 1 aromatic heterocycles. The molecule has 0 spiro atoms. The molecule has 2 aromatic rings. The summed E-state index contributed by atoms with van der Waals surface area (Å²) in [5.41, 5.74) is 10.7. The maximum atomic E-state index is 5.85. The van der Waals surface area contributed by atoms with Crippen LogP contribution in [0.3, 0.4) is 0 Å². The first kappa shape index (κ1) is 12.0. The fourth-order valence-electron chi connectivity index (χ4n) is 1.94. The molecular weight excluding hydrogens is 230 g/mol. The summed E-state index contributed by atoms with van der Waals surface area (Å²) in [6, 6.07) is 6.27. The van der Waals surface area contributed by atoms with Gasteiger partial charge in [-0.3, -0.25) is 0 Å². The molecule has 0 aliphatic rings. The van der Waals surface area contributed by atoms with Crippen molar-refractivity contribution in [2.45, 2.75) is 20.8 Å². The largest absolute Gasteiger partial charge is 0.496 e. The molecule has 0 saturated carbocycles. The van der Waals surface area contributed by atoms with Gasteiger partial charge in [0.25, 0.3) is 0 Å². The topological polar surface area (TPSA) is 35.2 Å². The Labute approximate surface area is 106 Å². The van der Waals surface area contributed by atoms with Crippen LogP contribution in [-0.2, 0) is 0 Å². The second kappa shape index (κ2) is 4.41. The van der Waals surface area contributed by atoms with E-state index in [2.05, 4.69) is 32.9 Å². The van der Waals surface area contributed by atoms with E-state index in [0.29, 0.717) is 0 Å². The Kier molecular flexibility index (Phi) is 3.11. The maximum absolute atomic E-state index is 5.85. The van der Waals surface area contributed by atoms with Crippen molar-refractivity contribution in [3.63, 3.8) is 0 Å². The summed E-state index contributed by atoms with van der Waals surface area (Å²) in [4.78, 5) is 1.23. The van der Waals surface area contributed by atoms with Crippen molar-refractivity contribution in [2.75, 3.05) is 12.8 Å². The first-order chi connectivity index (χ1) is 8.02. The van der Waals surface area contributed by atoms with Crippen molar-refractivity contribution in [3.8, 4) is 16.9 Å². The van der Waals surface area contributed by atoms with Crippen LogP contribution in [0.1, 0.15) is 16.0 Å². The van der Waals surface area contributed by atoms with Crippen LogP contribution in [0, 0.1) is 20.8 Å². The van der Waals surface area contributed by atoms with Crippen molar-refractivity contribution in [2.24, 2.45) is 0 Å². The van der Waals surface area contributed by atoms with E-state index < -0.39 is 0 Å². The predicted octanol–water partition coefficient (Wildman–Crippen LogP) is 3.93. The highest BCUT2D eigenvalue weighted by Crippen LogP contribution is 2.38. The van der Waals surface area contributed by atoms with Crippen LogP contribution in [0.2, 0.25) is 0 Å². The van der Waals surface area contributed by atoms with Gasteiger partial charge in [-0.05, 0) is 50.1 Å². The van der Waals surface area contributed by atoms with Gasteiger partial charge in [0, 0.05) is 16.0 Å². The van der Waals surface area contributed by atoms with E-state index in [9.17, 15) is 0 Å². The summed E-state index contributed by atoms with van der Waals surface area (Å²) in [5, 5.41) is 0.845. The van der Waals surface area contributed by atoms with Gasteiger partial charge in [-0.1, -0.05) is 0 Å². The third kappa shape index (κ3) is 2.15. The summed E-state index contributed by atoms with van der Waals surface area (Å²) in [6.45, 7) is 6.30. The predicted molar refractivity (Wildman–Crippen MR) is 74.9 cm³/mol. The Morgan fingerprint density at radius 2 is 1.65 bits per heavy atom. The summed E-state index contributed by atoms with van der Waals surface area (Å²) < 4.78 is 5.46. The van der Waals surface area contributed by atoms with Crippen molar-refractivity contribution in [3.05, 3.63) is 34.2 Å². The van der Waals surface area contributed by atoms with Gasteiger partial charge in [-0.2, -0.15) is 0 Å². The van der Waals surface area contributed by atoms with Crippen LogP contribution < -0.4 is 10.5 Å². The lowest BCUT2D eigenvalue weighted by Gasteiger charge is -2.11. The minimum Gasteiger partial charge on any atom is -0.496 e. The lowest BCUT2D eigenvalue weighted by Crippen LogP contribution is -1.91. The molecule has 3 heteroatoms. The fourth-order valence-corrected chi connectivity index (χ4v) is 2.75. The average molecular weight is 247 g/mol. The second-order valence-corrected chi connectivity index (χ2v) is 5.54. The lowest BCUT2D eigenvalue weighted by molar-refractivity contribution is 0.416. The quantitative estimate of drug-likeness (QED) is 0.872. The number of thiophene rings is 1. The molecule has 1 aromatic carbocycles. The molecule has 0 atom stereocenters. The highest BCUT2D eigenvalue weighted by Gasteiger charge is 2.12. The zero-order valence-electron chi connectivity index (χ0n) is 10.6. The third-order valence-corrected chi connectivity index (χ3v) is 3.92. The summed E-state index contributed by atoms with van der Waals surface area (Å²) in [5.74, 6) is 0.911. The molecule has 0 saturated heterocycles. The molecule has 2 nitrogen and oxygen atoms in total. The smallest absolute Gasteiger partial charge is 0.127 e. The Balaban J connectivity index is 2.66. The normalized spacial score (nSPS) is 10.6. The van der Waals surface area contributed by atoms with E-state index in [1.54, 1.807) is 18.4 Å². The van der Waals surface area contributed by atoms with Crippen molar-refractivity contribution in [1.82, 2.24) is 0 Å². The fraction of sp³-hybridized carbons (Fsp3) is 0.286. The van der Waals surface area contributed by atoms with E-state index in [-0.39, 0.29) is 0 Å². The van der Waals surface area contributed by atoms with Gasteiger partial charge in [0.1, 0.15) is 5.75 Å². The van der Waals surface area contributed by atoms with Crippen LogP contribution >= 0.6 is 11.3 Å². The molecule has 0 fully saturated rings. The zero-order valence-corrected chi connectivity index (χ0v) is 11.4. The number of ether oxygens (including phenoxy) is 1. The van der Waals surface area contributed by atoms with Crippen LogP contribution in [0.5, 0.6) is 5.75 Å². The van der Waals surface area contributed by atoms with Gasteiger partial charge in [-0.15, -0.1) is 11.3 Å². The highest BCUT2D eigenvalue weighted by molar-refractivity contribution is 7.16. The number of aryl methyl sites for hydroxylation is 3. The molecule has 2 N–H and O–H groups in total. The van der Waals surface area contributed by atoms with E-state index >= 15 is 0 Å². The van der Waals surface area contributed by atoms with Gasteiger partial charge in [-0.25, -0.2) is 0 Å². The van der Waals surface area contributed by atoms with Gasteiger partial charge >= 0.3 is 0 Å². The van der Waals surface area contributed by atoms with Crippen LogP contribution in [0.15, 0.2) is 18.2 Å². The Morgan fingerprint density at radius 3 is 2.18 bits per heavy atom. The number of nitrogen functional groups attached to an aromatic ring is 1. The Bertz CT molecular complexity index is 558. The number of hydrogen-bond acceptors (Lipinski definition) is 3. The van der Waals surface area contributed by atoms with Crippen LogP contribution in [0.4, 0.5) is 5.00 Å². The highest BCUT2D eigenvalue weighted by atomic mass is 32.1. The Hall–Kier alpha value is -1.48. The number of rotatable bonds is 2. The van der Waals surface area contributed by atoms with Crippen LogP contribution in [-0.4, -0.2) is 7.11 Å². The minimum absolute atomic E-state index is 0.845. The number of anilines is 1. The van der Waals surface area contributed by atoms with E-state index in [1.165, 1.54) is 21.6 Å². The van der Waals surface area contributed by atoms with E-state index in [4.69, 9.17) is 10.5 Å². The Morgan fingerprint density at radius 1 is 1.00 bits per heavy atom. The molecule has 17 heavy (non-hydrogen) atoms. The average Bonchev–Trinajstić information content (AvgIpc) is 2.61. The summed E-state index contributed by atoms with van der Waals surface area (Å²) in [6.07, 6.45) is 0. The van der Waals surface area contributed by atoms with Crippen molar-refractivity contribution < 1.29 is 4.74 Å². The number of benzene rings is 1. The molecule has 0 unspecified atom stereocenters. The first-order valence-electron chi connectivity index (χ1n) is 5.54. The van der Waals surface area contributed by atoms with Gasteiger partial charge in [0.2, 0.25) is 0 Å². The zero-order chi connectivity index (χ0) is 12.6. The first-order valence-corrected chi connectivity index (χ1v) is 6.36. The van der Waals surface area contributed by atoms with E-state index in [1.807, 2.05) is 6.07 Å². The van der Waals surface area contributed by atoms with Gasteiger partial charge in [0.15, 0.2) is 0 Å². The standard InChI is InChI=1S/C14H17NOS/c1-8-5-12(13(16-4)6-9(8)2)11-7-14(15)17-10(11)3/h5-7H,15H2,1-4H3. The SMILES string of the molecule is COc1cc(C)c(C)cc1-c1cc(N)sc1C. The summed E-state index contributed by atoms with van der Waals surface area (Å²) >= 11 is 1.62. The van der Waals surface area contributed by atoms with Gasteiger partial charge in [0.05, 0.1) is 12.1 Å². The molecule has 0 aliphatic carbocycles. The second-order valence-electron chi connectivity index (χ2n) is 4.26. The number of nitrogens with two attached hydrogens (primary N) is 1. The lowest BCUT2D eigenvalue weighted by atomic mass is 10.00. The number of hydrogen-bond donors (Lipinski definition) is 1. The maximum Gasteiger partial charge on any atom is 0.127 e. The molecule has 0 radical (unpaired) electrons. The van der Waals surface area contributed by atoms with Crippen molar-refractivity contribution >= 4 is 16.3 Å². The van der Waals surface area contributed by atoms with E-state index in [0.717, 1.165) is 16.3 Å².